The number of ether oxygens (including phenoxy) is 1. The predicted molar refractivity (Wildman–Crippen MR) is 121 cm³/mol. The van der Waals surface area contributed by atoms with Crippen LogP contribution >= 0.6 is 0 Å². The SMILES string of the molecule is COC(=O)c1ccc(S(=O)(=O)N(CCCO)Cc2cc3c(C)cc(C)cc3[nH]c2=O)cc1. The van der Waals surface area contributed by atoms with Crippen molar-refractivity contribution < 1.29 is 23.1 Å². The number of aliphatic hydroxyl groups excluding tert-OH is 1. The molecule has 170 valence electrons. The lowest BCUT2D eigenvalue weighted by atomic mass is 10.0. The Labute approximate surface area is 186 Å². The maximum Gasteiger partial charge on any atom is 0.337 e. The molecular weight excluding hydrogens is 432 g/mol. The lowest BCUT2D eigenvalue weighted by Gasteiger charge is -2.22. The van der Waals surface area contributed by atoms with E-state index in [9.17, 15) is 23.1 Å². The number of aromatic nitrogens is 1. The van der Waals surface area contributed by atoms with Crippen molar-refractivity contribution in [2.24, 2.45) is 0 Å². The van der Waals surface area contributed by atoms with Crippen LogP contribution in [0.1, 0.15) is 33.5 Å². The number of carbonyl (C=O) groups excluding carboxylic acids is 1. The van der Waals surface area contributed by atoms with Crippen LogP contribution in [0.2, 0.25) is 0 Å². The molecule has 0 unspecified atom stereocenters. The molecule has 3 rings (SSSR count). The number of aromatic amines is 1. The zero-order valence-corrected chi connectivity index (χ0v) is 19.0. The van der Waals surface area contributed by atoms with E-state index in [1.807, 2.05) is 26.0 Å². The van der Waals surface area contributed by atoms with E-state index in [2.05, 4.69) is 9.72 Å². The molecule has 2 N–H and O–H groups in total. The van der Waals surface area contributed by atoms with Crippen molar-refractivity contribution in [2.75, 3.05) is 20.3 Å². The molecule has 8 nitrogen and oxygen atoms in total. The molecule has 0 fully saturated rings. The topological polar surface area (TPSA) is 117 Å². The van der Waals surface area contributed by atoms with E-state index in [1.54, 1.807) is 6.07 Å². The number of sulfonamides is 1. The Morgan fingerprint density at radius 1 is 1.12 bits per heavy atom. The van der Waals surface area contributed by atoms with Crippen molar-refractivity contribution in [3.8, 4) is 0 Å². The second-order valence-electron chi connectivity index (χ2n) is 7.60. The number of esters is 1. The summed E-state index contributed by atoms with van der Waals surface area (Å²) >= 11 is 0. The van der Waals surface area contributed by atoms with E-state index in [4.69, 9.17) is 0 Å². The lowest BCUT2D eigenvalue weighted by Crippen LogP contribution is -2.34. The number of nitrogens with one attached hydrogen (secondary N) is 1. The van der Waals surface area contributed by atoms with Crippen molar-refractivity contribution in [1.29, 1.82) is 0 Å². The molecule has 0 amide bonds. The number of pyridine rings is 1. The third-order valence-electron chi connectivity index (χ3n) is 5.22. The third-order valence-corrected chi connectivity index (χ3v) is 7.07. The average molecular weight is 459 g/mol. The molecule has 0 aliphatic rings. The minimum Gasteiger partial charge on any atom is -0.465 e. The van der Waals surface area contributed by atoms with Crippen LogP contribution in [0.4, 0.5) is 0 Å². The van der Waals surface area contributed by atoms with Gasteiger partial charge in [0, 0.05) is 36.2 Å². The summed E-state index contributed by atoms with van der Waals surface area (Å²) in [5.74, 6) is -0.570. The van der Waals surface area contributed by atoms with E-state index in [1.165, 1.54) is 31.4 Å². The highest BCUT2D eigenvalue weighted by Crippen LogP contribution is 2.22. The summed E-state index contributed by atoms with van der Waals surface area (Å²) in [7, 11) is -2.75. The zero-order chi connectivity index (χ0) is 23.5. The molecule has 0 radical (unpaired) electrons. The van der Waals surface area contributed by atoms with Crippen LogP contribution in [-0.4, -0.2) is 49.0 Å². The van der Waals surface area contributed by atoms with E-state index in [-0.39, 0.29) is 42.1 Å². The molecule has 0 aliphatic carbocycles. The number of aliphatic hydroxyl groups is 1. The smallest absolute Gasteiger partial charge is 0.337 e. The summed E-state index contributed by atoms with van der Waals surface area (Å²) < 4.78 is 32.4. The first-order valence-corrected chi connectivity index (χ1v) is 11.5. The van der Waals surface area contributed by atoms with Crippen LogP contribution in [0.5, 0.6) is 0 Å². The maximum atomic E-state index is 13.3. The second kappa shape index (κ2) is 9.64. The first-order valence-electron chi connectivity index (χ1n) is 10.1. The molecule has 0 spiro atoms. The molecule has 9 heteroatoms. The number of fused-ring (bicyclic) bond motifs is 1. The minimum atomic E-state index is -3.99. The third kappa shape index (κ3) is 4.90. The van der Waals surface area contributed by atoms with Gasteiger partial charge >= 0.3 is 5.97 Å². The van der Waals surface area contributed by atoms with Gasteiger partial charge in [0.1, 0.15) is 0 Å². The Balaban J connectivity index is 2.00. The number of benzene rings is 2. The number of nitrogens with zero attached hydrogens (tertiary/aromatic N) is 1. The number of aryl methyl sites for hydroxylation is 2. The molecule has 0 saturated carbocycles. The molecule has 1 aromatic heterocycles. The van der Waals surface area contributed by atoms with Gasteiger partial charge in [-0.15, -0.1) is 0 Å². The van der Waals surface area contributed by atoms with Gasteiger partial charge in [-0.25, -0.2) is 13.2 Å². The lowest BCUT2D eigenvalue weighted by molar-refractivity contribution is 0.0600. The van der Waals surface area contributed by atoms with Crippen LogP contribution in [0.25, 0.3) is 10.9 Å². The van der Waals surface area contributed by atoms with Crippen molar-refractivity contribution in [1.82, 2.24) is 9.29 Å². The second-order valence-corrected chi connectivity index (χ2v) is 9.54. The summed E-state index contributed by atoms with van der Waals surface area (Å²) in [6.07, 6.45) is 0.211. The number of rotatable bonds is 8. The number of hydrogen-bond acceptors (Lipinski definition) is 6. The average Bonchev–Trinajstić information content (AvgIpc) is 2.76. The van der Waals surface area contributed by atoms with Crippen LogP contribution in [0.3, 0.4) is 0 Å². The van der Waals surface area contributed by atoms with Crippen LogP contribution in [-0.2, 0) is 21.3 Å². The molecule has 1 heterocycles. The Kier molecular flexibility index (Phi) is 7.12. The molecule has 32 heavy (non-hydrogen) atoms. The number of carbonyl (C=O) groups is 1. The molecule has 3 aromatic rings. The standard InChI is InChI=1S/C23H26N2O6S/c1-15-11-16(2)20-13-18(22(27)24-21(20)12-15)14-25(9-4-10-26)32(29,30)19-7-5-17(6-8-19)23(28)31-3/h5-8,11-13,26H,4,9-10,14H2,1-3H3,(H,24,27). The van der Waals surface area contributed by atoms with Crippen LogP contribution < -0.4 is 5.56 Å². The van der Waals surface area contributed by atoms with Gasteiger partial charge in [0.25, 0.3) is 5.56 Å². The fourth-order valence-electron chi connectivity index (χ4n) is 3.58. The van der Waals surface area contributed by atoms with E-state index in [0.29, 0.717) is 11.1 Å². The van der Waals surface area contributed by atoms with Gasteiger partial charge in [0.15, 0.2) is 0 Å². The first kappa shape index (κ1) is 23.6. The predicted octanol–water partition coefficient (Wildman–Crippen LogP) is 2.50. The number of methoxy groups -OCH3 is 1. The maximum absolute atomic E-state index is 13.3. The highest BCUT2D eigenvalue weighted by molar-refractivity contribution is 7.89. The van der Waals surface area contributed by atoms with Crippen molar-refractivity contribution >= 4 is 26.9 Å². The molecule has 0 aliphatic heterocycles. The monoisotopic (exact) mass is 458 g/mol. The van der Waals surface area contributed by atoms with E-state index in [0.717, 1.165) is 20.8 Å². The normalized spacial score (nSPS) is 11.8. The Hall–Kier alpha value is -3.01. The number of H-pyrrole nitrogens is 1. The molecule has 0 bridgehead atoms. The fraction of sp³-hybridized carbons (Fsp3) is 0.304. The molecule has 2 aromatic carbocycles. The van der Waals surface area contributed by atoms with Gasteiger partial charge in [0.2, 0.25) is 10.0 Å². The van der Waals surface area contributed by atoms with Gasteiger partial charge in [-0.1, -0.05) is 6.07 Å². The first-order chi connectivity index (χ1) is 15.2. The zero-order valence-electron chi connectivity index (χ0n) is 18.2. The summed E-state index contributed by atoms with van der Waals surface area (Å²) in [5, 5.41) is 10.1. The van der Waals surface area contributed by atoms with Gasteiger partial charge in [-0.05, 0) is 67.8 Å². The number of hydrogen-bond donors (Lipinski definition) is 2. The quantitative estimate of drug-likeness (QED) is 0.501. The van der Waals surface area contributed by atoms with Gasteiger partial charge in [-0.3, -0.25) is 4.79 Å². The fourth-order valence-corrected chi connectivity index (χ4v) is 5.04. The highest BCUT2D eigenvalue weighted by Gasteiger charge is 2.26. The Morgan fingerprint density at radius 3 is 2.44 bits per heavy atom. The molecular formula is C23H26N2O6S. The molecule has 0 atom stereocenters. The van der Waals surface area contributed by atoms with Crippen LogP contribution in [0, 0.1) is 13.8 Å². The van der Waals surface area contributed by atoms with E-state index < -0.39 is 16.0 Å². The summed E-state index contributed by atoms with van der Waals surface area (Å²) in [6.45, 7) is 3.55. The summed E-state index contributed by atoms with van der Waals surface area (Å²) in [6, 6.07) is 11.0. The summed E-state index contributed by atoms with van der Waals surface area (Å²) in [5.41, 5.74) is 2.84. The van der Waals surface area contributed by atoms with Crippen molar-refractivity contribution in [3.05, 3.63) is 75.1 Å². The molecule has 0 saturated heterocycles. The van der Waals surface area contributed by atoms with Crippen molar-refractivity contribution in [2.45, 2.75) is 31.7 Å². The van der Waals surface area contributed by atoms with Gasteiger partial charge in [-0.2, -0.15) is 4.31 Å². The largest absolute Gasteiger partial charge is 0.465 e. The van der Waals surface area contributed by atoms with Gasteiger partial charge < -0.3 is 14.8 Å². The van der Waals surface area contributed by atoms with Crippen LogP contribution in [0.15, 0.2) is 52.2 Å². The highest BCUT2D eigenvalue weighted by atomic mass is 32.2. The van der Waals surface area contributed by atoms with Crippen molar-refractivity contribution in [3.63, 3.8) is 0 Å². The van der Waals surface area contributed by atoms with E-state index >= 15 is 0 Å². The summed E-state index contributed by atoms with van der Waals surface area (Å²) in [4.78, 5) is 27.2. The van der Waals surface area contributed by atoms with Gasteiger partial charge in [0.05, 0.1) is 17.6 Å². The minimum absolute atomic E-state index is 0.0212. The Morgan fingerprint density at radius 2 is 1.81 bits per heavy atom. The Bertz CT molecular complexity index is 1300.